The summed E-state index contributed by atoms with van der Waals surface area (Å²) in [5.41, 5.74) is 0.736. The molecular formula is C21H17F3N4O2S. The molecule has 160 valence electrons. The average Bonchev–Trinajstić information content (AvgIpc) is 2.73. The van der Waals surface area contributed by atoms with E-state index in [4.69, 9.17) is 0 Å². The Labute approximate surface area is 180 Å². The van der Waals surface area contributed by atoms with E-state index >= 15 is 0 Å². The Morgan fingerprint density at radius 2 is 1.71 bits per heavy atom. The number of carbonyl (C=O) groups excluding carboxylic acids is 2. The van der Waals surface area contributed by atoms with Gasteiger partial charge in [0, 0.05) is 11.3 Å². The van der Waals surface area contributed by atoms with Crippen molar-refractivity contribution in [3.05, 3.63) is 77.4 Å². The fraction of sp³-hybridized carbons (Fsp3) is 0.143. The van der Waals surface area contributed by atoms with Crippen molar-refractivity contribution in [1.29, 1.82) is 0 Å². The smallest absolute Gasteiger partial charge is 0.325 e. The van der Waals surface area contributed by atoms with E-state index in [9.17, 15) is 22.8 Å². The largest absolute Gasteiger partial charge is 0.416 e. The van der Waals surface area contributed by atoms with Crippen LogP contribution in [0.4, 0.5) is 24.7 Å². The second kappa shape index (κ2) is 9.61. The highest BCUT2D eigenvalue weighted by Gasteiger charge is 2.30. The topological polar surface area (TPSA) is 84.0 Å². The quantitative estimate of drug-likeness (QED) is 0.532. The highest BCUT2D eigenvalue weighted by Crippen LogP contribution is 2.30. The first-order valence-corrected chi connectivity index (χ1v) is 10.0. The molecule has 0 unspecified atom stereocenters. The van der Waals surface area contributed by atoms with Crippen molar-refractivity contribution in [2.75, 3.05) is 16.4 Å². The molecule has 0 aliphatic heterocycles. The van der Waals surface area contributed by atoms with Gasteiger partial charge in [-0.25, -0.2) is 0 Å². The van der Waals surface area contributed by atoms with Gasteiger partial charge >= 0.3 is 6.18 Å². The lowest BCUT2D eigenvalue weighted by Gasteiger charge is -2.09. The molecule has 1 heterocycles. The molecule has 0 radical (unpaired) electrons. The van der Waals surface area contributed by atoms with Gasteiger partial charge in [0.25, 0.3) is 5.91 Å². The number of nitrogens with zero attached hydrogens (tertiary/aromatic N) is 2. The number of carbonyl (C=O) groups is 2. The van der Waals surface area contributed by atoms with E-state index < -0.39 is 17.6 Å². The highest BCUT2D eigenvalue weighted by atomic mass is 32.2. The van der Waals surface area contributed by atoms with Crippen molar-refractivity contribution in [1.82, 2.24) is 10.2 Å². The van der Waals surface area contributed by atoms with Crippen molar-refractivity contribution in [2.24, 2.45) is 0 Å². The van der Waals surface area contributed by atoms with Crippen LogP contribution >= 0.6 is 11.8 Å². The molecule has 0 aliphatic rings. The van der Waals surface area contributed by atoms with Crippen LogP contribution in [0.3, 0.4) is 0 Å². The van der Waals surface area contributed by atoms with E-state index in [2.05, 4.69) is 20.8 Å². The molecule has 2 amide bonds. The van der Waals surface area contributed by atoms with Crippen LogP contribution in [-0.2, 0) is 11.0 Å². The van der Waals surface area contributed by atoms with Crippen LogP contribution in [0.15, 0.2) is 65.7 Å². The summed E-state index contributed by atoms with van der Waals surface area (Å²) in [6.45, 7) is 1.92. The SMILES string of the molecule is Cc1ccc(C(=O)Nc2ccc(SCC(=O)Nc3cccc(C(F)(F)F)c3)nn2)cc1. The summed E-state index contributed by atoms with van der Waals surface area (Å²) in [6, 6.07) is 14.6. The highest BCUT2D eigenvalue weighted by molar-refractivity contribution is 7.99. The number of benzene rings is 2. The Morgan fingerprint density at radius 1 is 0.968 bits per heavy atom. The molecule has 1 aromatic heterocycles. The van der Waals surface area contributed by atoms with Gasteiger partial charge in [0.1, 0.15) is 5.03 Å². The molecule has 0 saturated heterocycles. The van der Waals surface area contributed by atoms with Gasteiger partial charge in [0.15, 0.2) is 5.82 Å². The maximum atomic E-state index is 12.7. The molecular weight excluding hydrogens is 429 g/mol. The van der Waals surface area contributed by atoms with Crippen LogP contribution < -0.4 is 10.6 Å². The maximum Gasteiger partial charge on any atom is 0.416 e. The van der Waals surface area contributed by atoms with Gasteiger partial charge in [-0.05, 0) is 49.4 Å². The molecule has 0 saturated carbocycles. The molecule has 0 atom stereocenters. The van der Waals surface area contributed by atoms with Crippen LogP contribution in [0.1, 0.15) is 21.5 Å². The number of amides is 2. The molecule has 0 bridgehead atoms. The number of nitrogens with one attached hydrogen (secondary N) is 2. The van der Waals surface area contributed by atoms with Gasteiger partial charge in [-0.1, -0.05) is 35.5 Å². The third-order valence-electron chi connectivity index (χ3n) is 4.02. The molecule has 6 nitrogen and oxygen atoms in total. The van der Waals surface area contributed by atoms with E-state index in [0.717, 1.165) is 29.5 Å². The van der Waals surface area contributed by atoms with Gasteiger partial charge < -0.3 is 10.6 Å². The molecule has 3 rings (SSSR count). The van der Waals surface area contributed by atoms with Crippen molar-refractivity contribution in [2.45, 2.75) is 18.1 Å². The van der Waals surface area contributed by atoms with Crippen LogP contribution in [0.25, 0.3) is 0 Å². The number of alkyl halides is 3. The van der Waals surface area contributed by atoms with E-state index in [0.29, 0.717) is 10.6 Å². The standard InChI is InChI=1S/C21H17F3N4O2S/c1-13-5-7-14(8-6-13)20(30)26-17-9-10-19(28-27-17)31-12-18(29)25-16-4-2-3-15(11-16)21(22,23)24/h2-11H,12H2,1H3,(H,25,29)(H,26,27,30). The van der Waals surface area contributed by atoms with E-state index in [1.807, 2.05) is 19.1 Å². The minimum absolute atomic E-state index is 0.0562. The number of anilines is 2. The van der Waals surface area contributed by atoms with Crippen LogP contribution in [0, 0.1) is 6.92 Å². The number of halogens is 3. The van der Waals surface area contributed by atoms with Gasteiger partial charge in [-0.2, -0.15) is 13.2 Å². The fourth-order valence-corrected chi connectivity index (χ4v) is 3.08. The lowest BCUT2D eigenvalue weighted by Crippen LogP contribution is -2.15. The van der Waals surface area contributed by atoms with E-state index in [-0.39, 0.29) is 23.2 Å². The molecule has 2 aromatic carbocycles. The zero-order valence-corrected chi connectivity index (χ0v) is 17.1. The molecule has 0 fully saturated rings. The van der Waals surface area contributed by atoms with Crippen LogP contribution in [0.5, 0.6) is 0 Å². The summed E-state index contributed by atoms with van der Waals surface area (Å²) in [7, 11) is 0. The van der Waals surface area contributed by atoms with Crippen molar-refractivity contribution in [3.63, 3.8) is 0 Å². The third-order valence-corrected chi connectivity index (χ3v) is 4.94. The minimum Gasteiger partial charge on any atom is -0.325 e. The molecule has 10 heteroatoms. The second-order valence-corrected chi connectivity index (χ2v) is 7.49. The molecule has 31 heavy (non-hydrogen) atoms. The van der Waals surface area contributed by atoms with Crippen molar-refractivity contribution >= 4 is 35.1 Å². The number of rotatable bonds is 6. The molecule has 0 spiro atoms. The summed E-state index contributed by atoms with van der Waals surface area (Å²) in [5.74, 6) is -0.624. The third kappa shape index (κ3) is 6.54. The number of aromatic nitrogens is 2. The Bertz CT molecular complexity index is 1070. The predicted molar refractivity (Wildman–Crippen MR) is 112 cm³/mol. The molecule has 3 aromatic rings. The van der Waals surface area contributed by atoms with Gasteiger partial charge in [0.05, 0.1) is 11.3 Å². The first-order chi connectivity index (χ1) is 14.7. The van der Waals surface area contributed by atoms with Crippen molar-refractivity contribution in [3.8, 4) is 0 Å². The summed E-state index contributed by atoms with van der Waals surface area (Å²) in [5, 5.41) is 13.3. The van der Waals surface area contributed by atoms with E-state index in [1.54, 1.807) is 24.3 Å². The Morgan fingerprint density at radius 3 is 2.35 bits per heavy atom. The summed E-state index contributed by atoms with van der Waals surface area (Å²) in [6.07, 6.45) is -4.48. The van der Waals surface area contributed by atoms with Crippen LogP contribution in [0.2, 0.25) is 0 Å². The zero-order chi connectivity index (χ0) is 22.4. The lowest BCUT2D eigenvalue weighted by molar-refractivity contribution is -0.137. The summed E-state index contributed by atoms with van der Waals surface area (Å²) in [4.78, 5) is 24.2. The van der Waals surface area contributed by atoms with Gasteiger partial charge in [-0.15, -0.1) is 10.2 Å². The average molecular weight is 446 g/mol. The Kier molecular flexibility index (Phi) is 6.91. The minimum atomic E-state index is -4.48. The summed E-state index contributed by atoms with van der Waals surface area (Å²) < 4.78 is 38.2. The van der Waals surface area contributed by atoms with Gasteiger partial charge in [-0.3, -0.25) is 9.59 Å². The first kappa shape index (κ1) is 22.3. The fourth-order valence-electron chi connectivity index (χ4n) is 2.47. The number of aryl methyl sites for hydroxylation is 1. The summed E-state index contributed by atoms with van der Waals surface area (Å²) >= 11 is 1.06. The van der Waals surface area contributed by atoms with E-state index in [1.165, 1.54) is 12.1 Å². The normalized spacial score (nSPS) is 11.1. The zero-order valence-electron chi connectivity index (χ0n) is 16.2. The number of thioether (sulfide) groups is 1. The van der Waals surface area contributed by atoms with Crippen LogP contribution in [-0.4, -0.2) is 27.8 Å². The molecule has 0 aliphatic carbocycles. The number of hydrogen-bond donors (Lipinski definition) is 2. The second-order valence-electron chi connectivity index (χ2n) is 6.49. The Hall–Kier alpha value is -3.40. The van der Waals surface area contributed by atoms with Gasteiger partial charge in [0.2, 0.25) is 5.91 Å². The predicted octanol–water partition coefficient (Wildman–Crippen LogP) is 4.79. The lowest BCUT2D eigenvalue weighted by atomic mass is 10.1. The first-order valence-electron chi connectivity index (χ1n) is 9.02. The van der Waals surface area contributed by atoms with Crippen molar-refractivity contribution < 1.29 is 22.8 Å². The number of hydrogen-bond acceptors (Lipinski definition) is 5. The monoisotopic (exact) mass is 446 g/mol. The molecule has 2 N–H and O–H groups in total. The Balaban J connectivity index is 1.51. The maximum absolute atomic E-state index is 12.7.